The highest BCUT2D eigenvalue weighted by Crippen LogP contribution is 2.37. The summed E-state index contributed by atoms with van der Waals surface area (Å²) >= 11 is 6.11. The molecule has 2 heterocycles. The molecule has 0 saturated carbocycles. The van der Waals surface area contributed by atoms with Crippen molar-refractivity contribution in [3.63, 3.8) is 0 Å². The number of aliphatic hydroxyl groups excluding tert-OH is 1. The van der Waals surface area contributed by atoms with Gasteiger partial charge in [-0.25, -0.2) is 9.69 Å². The molecule has 1 N–H and O–H groups in total. The van der Waals surface area contributed by atoms with E-state index in [2.05, 4.69) is 5.16 Å². The normalized spacial score (nSPS) is 20.6. The molecule has 1 aromatic heterocycles. The number of nitrogens with zero attached hydrogens (tertiary/aromatic N) is 3. The summed E-state index contributed by atoms with van der Waals surface area (Å²) in [6.07, 6.45) is -1.53. The third-order valence-electron chi connectivity index (χ3n) is 2.81. The zero-order chi connectivity index (χ0) is 14.5. The zero-order valence-corrected chi connectivity index (χ0v) is 11.7. The van der Waals surface area contributed by atoms with Gasteiger partial charge in [0, 0.05) is 12.5 Å². The first-order chi connectivity index (χ1) is 8.66. The molecule has 7 nitrogen and oxygen atoms in total. The van der Waals surface area contributed by atoms with Gasteiger partial charge < -0.3 is 9.63 Å². The van der Waals surface area contributed by atoms with Gasteiger partial charge in [-0.3, -0.25) is 9.69 Å². The Kier molecular flexibility index (Phi) is 3.06. The Morgan fingerprint density at radius 2 is 1.95 bits per heavy atom. The molecule has 0 aliphatic carbocycles. The van der Waals surface area contributed by atoms with Gasteiger partial charge in [-0.2, -0.15) is 0 Å². The Bertz CT molecular complexity index is 529. The van der Waals surface area contributed by atoms with Crippen LogP contribution >= 0.6 is 11.6 Å². The summed E-state index contributed by atoms with van der Waals surface area (Å²) in [5, 5.41) is 13.3. The number of carbonyl (C=O) groups is 2. The summed E-state index contributed by atoms with van der Waals surface area (Å²) in [7, 11) is 1.31. The van der Waals surface area contributed by atoms with E-state index in [4.69, 9.17) is 16.1 Å². The number of aromatic nitrogens is 1. The predicted octanol–water partition coefficient (Wildman–Crippen LogP) is 1.34. The van der Waals surface area contributed by atoms with Gasteiger partial charge in [-0.05, 0) is 0 Å². The smallest absolute Gasteiger partial charge is 0.335 e. The zero-order valence-electron chi connectivity index (χ0n) is 11.0. The van der Waals surface area contributed by atoms with E-state index in [1.165, 1.54) is 7.05 Å². The molecule has 1 aliphatic heterocycles. The number of hydrogen-bond acceptors (Lipinski definition) is 5. The van der Waals surface area contributed by atoms with Gasteiger partial charge in [0.15, 0.2) is 5.76 Å². The number of halogens is 1. The van der Waals surface area contributed by atoms with Crippen LogP contribution in [0.15, 0.2) is 4.52 Å². The number of anilines is 1. The van der Waals surface area contributed by atoms with E-state index in [0.717, 1.165) is 4.90 Å². The van der Waals surface area contributed by atoms with Crippen LogP contribution in [0.5, 0.6) is 0 Å². The lowest BCUT2D eigenvalue weighted by molar-refractivity contribution is -0.128. The average Bonchev–Trinajstić information content (AvgIpc) is 2.76. The number of imide groups is 1. The van der Waals surface area contributed by atoms with E-state index in [9.17, 15) is 14.7 Å². The van der Waals surface area contributed by atoms with Crippen molar-refractivity contribution in [2.75, 3.05) is 11.9 Å². The maximum absolute atomic E-state index is 11.9. The second-order valence-corrected chi connectivity index (χ2v) is 5.72. The van der Waals surface area contributed by atoms with Crippen molar-refractivity contribution < 1.29 is 19.2 Å². The van der Waals surface area contributed by atoms with Crippen LogP contribution in [-0.2, 0) is 10.2 Å². The van der Waals surface area contributed by atoms with Crippen LogP contribution < -0.4 is 4.90 Å². The molecule has 0 aromatic carbocycles. The summed E-state index contributed by atoms with van der Waals surface area (Å²) in [5.41, 5.74) is -0.418. The van der Waals surface area contributed by atoms with Crippen LogP contribution in [0.3, 0.4) is 0 Å². The SMILES string of the molecule is CN1C(=O)N(c2noc(C(C)(C)C)c2Cl)C(=O)C1O. The number of carbonyl (C=O) groups excluding carboxylic acids is 2. The molecule has 1 unspecified atom stereocenters. The van der Waals surface area contributed by atoms with Gasteiger partial charge in [0.2, 0.25) is 12.0 Å². The van der Waals surface area contributed by atoms with Crippen LogP contribution in [0.1, 0.15) is 26.5 Å². The van der Waals surface area contributed by atoms with Crippen molar-refractivity contribution in [1.29, 1.82) is 0 Å². The number of amides is 3. The topological polar surface area (TPSA) is 86.9 Å². The molecule has 104 valence electrons. The molecule has 1 aromatic rings. The van der Waals surface area contributed by atoms with E-state index < -0.39 is 23.6 Å². The van der Waals surface area contributed by atoms with Gasteiger partial charge in [0.1, 0.15) is 5.02 Å². The maximum Gasteiger partial charge on any atom is 0.335 e. The Balaban J connectivity index is 2.47. The van der Waals surface area contributed by atoms with Crippen molar-refractivity contribution in [3.05, 3.63) is 10.8 Å². The average molecular weight is 288 g/mol. The molecule has 1 fully saturated rings. The third-order valence-corrected chi connectivity index (χ3v) is 3.15. The van der Waals surface area contributed by atoms with Gasteiger partial charge in [0.05, 0.1) is 0 Å². The minimum Gasteiger partial charge on any atom is -0.365 e. The number of hydrogen-bond donors (Lipinski definition) is 1. The summed E-state index contributed by atoms with van der Waals surface area (Å²) in [6.45, 7) is 5.58. The number of aliphatic hydroxyl groups is 1. The Morgan fingerprint density at radius 1 is 1.37 bits per heavy atom. The highest BCUT2D eigenvalue weighted by atomic mass is 35.5. The van der Waals surface area contributed by atoms with Crippen molar-refractivity contribution >= 4 is 29.4 Å². The lowest BCUT2D eigenvalue weighted by Gasteiger charge is -2.14. The van der Waals surface area contributed by atoms with Crippen molar-refractivity contribution in [2.24, 2.45) is 0 Å². The quantitative estimate of drug-likeness (QED) is 0.788. The van der Waals surface area contributed by atoms with E-state index >= 15 is 0 Å². The van der Waals surface area contributed by atoms with Crippen LogP contribution in [0.2, 0.25) is 5.02 Å². The van der Waals surface area contributed by atoms with Gasteiger partial charge in [0.25, 0.3) is 5.91 Å². The maximum atomic E-state index is 11.9. The second-order valence-electron chi connectivity index (χ2n) is 5.34. The third kappa shape index (κ3) is 1.98. The lowest BCUT2D eigenvalue weighted by Crippen LogP contribution is -2.32. The molecule has 0 spiro atoms. The van der Waals surface area contributed by atoms with E-state index in [1.54, 1.807) is 0 Å². The summed E-state index contributed by atoms with van der Waals surface area (Å²) in [5.74, 6) is -0.526. The van der Waals surface area contributed by atoms with Gasteiger partial charge in [-0.1, -0.05) is 37.5 Å². The molecule has 1 saturated heterocycles. The molecule has 0 bridgehead atoms. The Labute approximate surface area is 114 Å². The first-order valence-electron chi connectivity index (χ1n) is 5.60. The van der Waals surface area contributed by atoms with Crippen LogP contribution in [-0.4, -0.2) is 40.4 Å². The Morgan fingerprint density at radius 3 is 2.32 bits per heavy atom. The van der Waals surface area contributed by atoms with Gasteiger partial charge >= 0.3 is 6.03 Å². The van der Waals surface area contributed by atoms with Gasteiger partial charge in [-0.15, -0.1) is 0 Å². The van der Waals surface area contributed by atoms with Crippen LogP contribution in [0, 0.1) is 0 Å². The molecular weight excluding hydrogens is 274 g/mol. The van der Waals surface area contributed by atoms with E-state index in [1.807, 2.05) is 20.8 Å². The largest absolute Gasteiger partial charge is 0.365 e. The van der Waals surface area contributed by atoms with Crippen molar-refractivity contribution in [3.8, 4) is 0 Å². The van der Waals surface area contributed by atoms with E-state index in [-0.39, 0.29) is 10.8 Å². The molecule has 2 rings (SSSR count). The molecular formula is C11H14ClN3O4. The van der Waals surface area contributed by atoms with Crippen LogP contribution in [0.4, 0.5) is 10.6 Å². The fraction of sp³-hybridized carbons (Fsp3) is 0.545. The highest BCUT2D eigenvalue weighted by Gasteiger charge is 2.46. The fourth-order valence-electron chi connectivity index (χ4n) is 1.71. The summed E-state index contributed by atoms with van der Waals surface area (Å²) in [6, 6.07) is -0.701. The lowest BCUT2D eigenvalue weighted by atomic mass is 9.93. The first kappa shape index (κ1) is 13.8. The molecule has 1 atom stereocenters. The molecule has 0 radical (unpaired) electrons. The highest BCUT2D eigenvalue weighted by molar-refractivity contribution is 6.36. The van der Waals surface area contributed by atoms with Crippen LogP contribution in [0.25, 0.3) is 0 Å². The first-order valence-corrected chi connectivity index (χ1v) is 5.98. The summed E-state index contributed by atoms with van der Waals surface area (Å²) in [4.78, 5) is 25.3. The summed E-state index contributed by atoms with van der Waals surface area (Å²) < 4.78 is 5.11. The minimum atomic E-state index is -1.53. The predicted molar refractivity (Wildman–Crippen MR) is 66.9 cm³/mol. The number of likely N-dealkylation sites (N-methyl/N-ethyl adjacent to an activating group) is 1. The van der Waals surface area contributed by atoms with Crippen molar-refractivity contribution in [1.82, 2.24) is 10.1 Å². The van der Waals surface area contributed by atoms with E-state index in [0.29, 0.717) is 10.7 Å². The van der Waals surface area contributed by atoms with Crippen molar-refractivity contribution in [2.45, 2.75) is 32.4 Å². The molecule has 8 heteroatoms. The number of rotatable bonds is 1. The molecule has 3 amide bonds. The molecule has 19 heavy (non-hydrogen) atoms. The monoisotopic (exact) mass is 287 g/mol. The fourth-order valence-corrected chi connectivity index (χ4v) is 2.15. The molecule has 1 aliphatic rings. The Hall–Kier alpha value is -1.60. The second kappa shape index (κ2) is 4.21. The number of urea groups is 1. The standard InChI is InChI=1S/C11H14ClN3O4/c1-11(2,3)6-5(12)7(13-19-6)15-9(17)8(16)14(4)10(15)18/h8,16H,1-4H3. The minimum absolute atomic E-state index is 0.0926.